The van der Waals surface area contributed by atoms with E-state index < -0.39 is 0 Å². The molecule has 720 valence electrons. The molecule has 17 aromatic carbocycles. The fourth-order valence-electron chi connectivity index (χ4n) is 21.0. The van der Waals surface area contributed by atoms with Crippen LogP contribution in [0.3, 0.4) is 0 Å². The highest BCUT2D eigenvalue weighted by Crippen LogP contribution is 2.52. The van der Waals surface area contributed by atoms with Crippen LogP contribution in [0.1, 0.15) is 38.9 Å². The number of hydrogen-bond acceptors (Lipinski definition) is 19. The molecule has 1 aliphatic rings. The Kier molecular flexibility index (Phi) is 27.1. The molecule has 0 spiro atoms. The maximum atomic E-state index is 10.1. The Labute approximate surface area is 825 Å². The molecule has 22 rings (SSSR count). The molecule has 23 nitrogen and oxygen atoms in total. The van der Waals surface area contributed by atoms with Crippen LogP contribution in [0.5, 0.6) is 69.0 Å². The number of benzene rings is 17. The van der Waals surface area contributed by atoms with E-state index in [1.165, 1.54) is 11.1 Å². The van der Waals surface area contributed by atoms with Gasteiger partial charge in [0.25, 0.3) is 0 Å². The Balaban J connectivity index is 0.000000121. The molecule has 0 bridgehead atoms. The lowest BCUT2D eigenvalue weighted by Gasteiger charge is -2.19. The topological polar surface area (TPSA) is 268 Å². The highest BCUT2D eigenvalue weighted by Gasteiger charge is 2.32. The molecular formula is C120H110N4O19+4. The maximum Gasteiger partial charge on any atom is 0.231 e. The summed E-state index contributed by atoms with van der Waals surface area (Å²) in [6, 6.07) is 84.4. The number of aliphatic hydroxyl groups excluding tert-OH is 7. The van der Waals surface area contributed by atoms with E-state index in [9.17, 15) is 35.7 Å². The van der Waals surface area contributed by atoms with E-state index in [2.05, 4.69) is 142 Å². The van der Waals surface area contributed by atoms with Crippen molar-refractivity contribution in [3.05, 3.63) is 312 Å². The number of aliphatic hydroxyl groups is 7. The lowest BCUT2D eigenvalue weighted by molar-refractivity contribution is -0.642. The summed E-state index contributed by atoms with van der Waals surface area (Å²) in [5.74, 6) is 7.75. The average molecular weight is 1910 g/mol. The van der Waals surface area contributed by atoms with E-state index >= 15 is 0 Å². The summed E-state index contributed by atoms with van der Waals surface area (Å²) >= 11 is 0. The predicted octanol–water partition coefficient (Wildman–Crippen LogP) is 20.5. The number of aryl methyl sites for hydroxylation is 4. The Morgan fingerprint density at radius 1 is 0.224 bits per heavy atom. The summed E-state index contributed by atoms with van der Waals surface area (Å²) in [6.45, 7) is -0.809. The summed E-state index contributed by atoms with van der Waals surface area (Å²) in [4.78, 5) is 0. The lowest BCUT2D eigenvalue weighted by atomic mass is 9.91. The van der Waals surface area contributed by atoms with Crippen LogP contribution in [-0.4, -0.2) is 114 Å². The van der Waals surface area contributed by atoms with Gasteiger partial charge in [-0.05, 0) is 174 Å². The number of pyridine rings is 4. The van der Waals surface area contributed by atoms with Gasteiger partial charge < -0.3 is 92.6 Å². The number of nitrogens with zero attached hydrogens (tertiary/aromatic N) is 4. The van der Waals surface area contributed by atoms with Crippen molar-refractivity contribution < 1.29 is 111 Å². The Morgan fingerprint density at radius 2 is 0.517 bits per heavy atom. The Morgan fingerprint density at radius 3 is 0.895 bits per heavy atom. The summed E-state index contributed by atoms with van der Waals surface area (Å²) in [5.41, 5.74) is 19.7. The molecule has 23 heteroatoms. The standard InChI is InChI=1S/C33H26NO4.C31H32NO7.2C28H26NO4/c1-34-18-28-23(13-14-29-33(28)38-19-37-29)26-15-24(22-11-9-21(10-12-22)20-7-5-4-6-8-20)25-16-30(35-2)31(36-3)17-27(25)32(26)34;1-32-13-24-20(7-6-17(14-33)25(24)16-35)22-9-8-21-23(29(22)32)12-27(37-3)31(39-5)28(21)18-10-19(15-34)30(38-4)26(11-18)36-2;2*1-29-14-24-19(10-9-18(15-30)25(24)16-31)22-11-20(17-7-5-4-6-8-17)21-12-26(32-2)27(33-3)13-23(21)28(22)29/h4-18H,19H2,1-3H3;6-13,33-35H,14-16H2,1-5H3;2*4-14,30-31H,15-16H2,1-3H3/q4*+1. The van der Waals surface area contributed by atoms with Gasteiger partial charge in [0.15, 0.2) is 93.8 Å². The van der Waals surface area contributed by atoms with Gasteiger partial charge in [0.2, 0.25) is 28.9 Å². The van der Waals surface area contributed by atoms with Crippen molar-refractivity contribution in [3.63, 3.8) is 0 Å². The Bertz CT molecular complexity index is 8350. The monoisotopic (exact) mass is 1910 g/mol. The molecule has 0 atom stereocenters. The molecule has 0 aliphatic carbocycles. The van der Waals surface area contributed by atoms with E-state index in [1.807, 2.05) is 178 Å². The first-order valence-electron chi connectivity index (χ1n) is 46.7. The number of rotatable bonds is 22. The van der Waals surface area contributed by atoms with Gasteiger partial charge in [0.05, 0.1) is 182 Å². The second-order valence-electron chi connectivity index (χ2n) is 35.1. The van der Waals surface area contributed by atoms with Crippen molar-refractivity contribution in [2.24, 2.45) is 28.2 Å². The van der Waals surface area contributed by atoms with Crippen LogP contribution < -0.4 is 75.1 Å². The Hall–Kier alpha value is -16.2. The number of methoxy groups -OCH3 is 10. The van der Waals surface area contributed by atoms with Gasteiger partial charge in [0.1, 0.15) is 28.2 Å². The fraction of sp³-hybridized carbons (Fsp3) is 0.183. The summed E-state index contributed by atoms with van der Waals surface area (Å²) in [6.07, 6.45) is 8.16. The van der Waals surface area contributed by atoms with Crippen LogP contribution >= 0.6 is 0 Å². The summed E-state index contributed by atoms with van der Waals surface area (Å²) in [7, 11) is 24.3. The zero-order chi connectivity index (χ0) is 99.9. The second-order valence-corrected chi connectivity index (χ2v) is 35.1. The van der Waals surface area contributed by atoms with Gasteiger partial charge in [-0.1, -0.05) is 158 Å². The van der Waals surface area contributed by atoms with Crippen molar-refractivity contribution in [1.82, 2.24) is 0 Å². The van der Waals surface area contributed by atoms with Crippen LogP contribution in [0.4, 0.5) is 0 Å². The molecule has 143 heavy (non-hydrogen) atoms. The van der Waals surface area contributed by atoms with Crippen molar-refractivity contribution in [2.45, 2.75) is 46.2 Å². The third-order valence-corrected chi connectivity index (χ3v) is 27.8. The largest absolute Gasteiger partial charge is 0.493 e. The first-order valence-corrected chi connectivity index (χ1v) is 46.7. The van der Waals surface area contributed by atoms with Crippen LogP contribution in [0.2, 0.25) is 0 Å². The number of ether oxygens (including phenoxy) is 12. The molecule has 0 amide bonds. The first-order chi connectivity index (χ1) is 69.8. The minimum atomic E-state index is -0.232. The van der Waals surface area contributed by atoms with Crippen molar-refractivity contribution >= 4 is 130 Å². The molecule has 0 radical (unpaired) electrons. The third-order valence-electron chi connectivity index (χ3n) is 27.8. The van der Waals surface area contributed by atoms with Crippen LogP contribution in [0.25, 0.3) is 185 Å². The van der Waals surface area contributed by atoms with E-state index in [1.54, 1.807) is 71.1 Å². The normalized spacial score (nSPS) is 11.7. The number of fused-ring (bicyclic) bond motifs is 22. The van der Waals surface area contributed by atoms with E-state index in [4.69, 9.17) is 56.8 Å². The quantitative estimate of drug-likeness (QED) is 0.0245. The van der Waals surface area contributed by atoms with Crippen LogP contribution in [0, 0.1) is 0 Å². The van der Waals surface area contributed by atoms with Crippen molar-refractivity contribution in [1.29, 1.82) is 0 Å². The second kappa shape index (κ2) is 40.5. The highest BCUT2D eigenvalue weighted by atomic mass is 16.7. The lowest BCUT2D eigenvalue weighted by Crippen LogP contribution is -2.29. The molecule has 4 aromatic heterocycles. The molecular weight excluding hydrogens is 1800 g/mol. The molecule has 5 heterocycles. The number of hydrogen-bond donors (Lipinski definition) is 7. The van der Waals surface area contributed by atoms with E-state index in [0.29, 0.717) is 74.2 Å². The van der Waals surface area contributed by atoms with Gasteiger partial charge in [-0.25, -0.2) is 0 Å². The third kappa shape index (κ3) is 16.8. The van der Waals surface area contributed by atoms with Gasteiger partial charge >= 0.3 is 0 Å². The maximum absolute atomic E-state index is 10.1. The van der Waals surface area contributed by atoms with Crippen molar-refractivity contribution in [3.8, 4) is 125 Å². The molecule has 7 N–H and O–H groups in total. The SMILES string of the molecule is COc1cc(-c2c(OC)c(OC)cc3c2ccc2c4ccc(CO)c(CO)c4c[n+](C)c32)cc(CO)c1OC.COc1cc2c(-c3ccc(-c4ccccc4)cc3)cc3c4ccc5c(c4c[n+](C)c3c2cc1OC)OCO5.COc1cc2c(-c3ccccc3)cc3c4ccc(CO)c(CO)c4c[n+](C)c3c2cc1OC.COc1cc2c(-c3ccccc3)cc3c4ccc(CO)c(CO)c4c[n+](C)c3c2cc1OC. The van der Waals surface area contributed by atoms with Crippen LogP contribution in [0.15, 0.2) is 274 Å². The smallest absolute Gasteiger partial charge is 0.231 e. The minimum Gasteiger partial charge on any atom is -0.493 e. The van der Waals surface area contributed by atoms with Gasteiger partial charge in [0, 0.05) is 54.2 Å². The molecule has 0 fully saturated rings. The summed E-state index contributed by atoms with van der Waals surface area (Å²) < 4.78 is 76.7. The van der Waals surface area contributed by atoms with E-state index in [-0.39, 0.29) is 53.0 Å². The average Bonchev–Trinajstić information content (AvgIpc) is 1.59. The first kappa shape index (κ1) is 95.7. The predicted molar refractivity (Wildman–Crippen MR) is 561 cm³/mol. The highest BCUT2D eigenvalue weighted by molar-refractivity contribution is 6.23. The van der Waals surface area contributed by atoms with E-state index in [0.717, 1.165) is 208 Å². The molecule has 21 aromatic rings. The molecule has 0 saturated heterocycles. The minimum absolute atomic E-state index is 0.114. The van der Waals surface area contributed by atoms with Crippen molar-refractivity contribution in [2.75, 3.05) is 77.9 Å². The molecule has 1 aliphatic heterocycles. The zero-order valence-electron chi connectivity index (χ0n) is 82.0. The summed E-state index contributed by atoms with van der Waals surface area (Å²) in [5, 5.41) is 90.2. The van der Waals surface area contributed by atoms with Gasteiger partial charge in [-0.3, -0.25) is 0 Å². The molecule has 0 saturated carbocycles. The fourth-order valence-corrected chi connectivity index (χ4v) is 21.0. The van der Waals surface area contributed by atoms with Crippen LogP contribution in [-0.2, 0) is 74.4 Å². The zero-order valence-corrected chi connectivity index (χ0v) is 82.0. The molecule has 0 unspecified atom stereocenters. The number of aromatic nitrogens is 4. The van der Waals surface area contributed by atoms with Gasteiger partial charge in [-0.15, -0.1) is 0 Å². The van der Waals surface area contributed by atoms with Gasteiger partial charge in [-0.2, -0.15) is 18.3 Å².